The number of rotatable bonds is 4. The summed E-state index contributed by atoms with van der Waals surface area (Å²) in [6.45, 7) is 2.66. The molecule has 3 heterocycles. The molecule has 5 rings (SSSR count). The van der Waals surface area contributed by atoms with Crippen molar-refractivity contribution in [3.05, 3.63) is 81.6 Å². The SMILES string of the molecule is Cc1ccc(S(=O)(=O)NC(=O)Nc2ccc(-n3ccc4c5c(ccc4c3=O)NCC5)cc2)s1. The van der Waals surface area contributed by atoms with Crippen LogP contribution in [0.3, 0.4) is 0 Å². The minimum Gasteiger partial charge on any atom is -0.384 e. The molecule has 4 aromatic rings. The van der Waals surface area contributed by atoms with Crippen LogP contribution < -0.4 is 20.9 Å². The number of sulfonamides is 1. The van der Waals surface area contributed by atoms with E-state index in [4.69, 9.17) is 0 Å². The number of carbonyl (C=O) groups excluding carboxylic acids is 1. The van der Waals surface area contributed by atoms with Crippen molar-refractivity contribution in [2.24, 2.45) is 0 Å². The van der Waals surface area contributed by atoms with Crippen molar-refractivity contribution in [2.45, 2.75) is 17.6 Å². The third-order valence-electron chi connectivity index (χ3n) is 5.50. The largest absolute Gasteiger partial charge is 0.384 e. The normalized spacial score (nSPS) is 12.9. The van der Waals surface area contributed by atoms with Crippen LogP contribution in [0.4, 0.5) is 16.2 Å². The topological polar surface area (TPSA) is 109 Å². The number of aryl methyl sites for hydroxylation is 1. The molecule has 2 aromatic heterocycles. The summed E-state index contributed by atoms with van der Waals surface area (Å²) in [5.41, 5.74) is 3.14. The molecule has 0 atom stereocenters. The van der Waals surface area contributed by atoms with Crippen molar-refractivity contribution in [3.63, 3.8) is 0 Å². The second-order valence-corrected chi connectivity index (χ2v) is 10.9. The molecule has 8 nitrogen and oxygen atoms in total. The molecule has 10 heteroatoms. The first-order chi connectivity index (χ1) is 15.8. The van der Waals surface area contributed by atoms with Crippen LogP contribution >= 0.6 is 11.3 Å². The van der Waals surface area contributed by atoms with Gasteiger partial charge in [-0.05, 0) is 78.9 Å². The van der Waals surface area contributed by atoms with E-state index < -0.39 is 16.1 Å². The molecule has 1 aliphatic rings. The molecule has 0 aliphatic carbocycles. The molecule has 0 bridgehead atoms. The van der Waals surface area contributed by atoms with Crippen LogP contribution in [0.5, 0.6) is 0 Å². The summed E-state index contributed by atoms with van der Waals surface area (Å²) < 4.78 is 28.2. The predicted octanol–water partition coefficient (Wildman–Crippen LogP) is 3.84. The van der Waals surface area contributed by atoms with Gasteiger partial charge in [0.15, 0.2) is 0 Å². The molecular weight excluding hydrogens is 460 g/mol. The lowest BCUT2D eigenvalue weighted by Gasteiger charge is -2.11. The van der Waals surface area contributed by atoms with Gasteiger partial charge in [-0.2, -0.15) is 0 Å². The summed E-state index contributed by atoms with van der Waals surface area (Å²) in [6, 6.07) is 14.6. The van der Waals surface area contributed by atoms with E-state index in [0.29, 0.717) is 16.8 Å². The summed E-state index contributed by atoms with van der Waals surface area (Å²) in [4.78, 5) is 26.1. The number of urea groups is 1. The highest BCUT2D eigenvalue weighted by Crippen LogP contribution is 2.29. The molecule has 0 fully saturated rings. The average Bonchev–Trinajstić information content (AvgIpc) is 3.44. The van der Waals surface area contributed by atoms with Crippen molar-refractivity contribution in [3.8, 4) is 5.69 Å². The molecule has 2 aromatic carbocycles. The molecule has 0 radical (unpaired) electrons. The molecule has 168 valence electrons. The van der Waals surface area contributed by atoms with E-state index in [9.17, 15) is 18.0 Å². The Labute approximate surface area is 193 Å². The molecule has 0 spiro atoms. The van der Waals surface area contributed by atoms with Crippen LogP contribution in [-0.2, 0) is 16.4 Å². The van der Waals surface area contributed by atoms with Gasteiger partial charge in [0.05, 0.1) is 0 Å². The summed E-state index contributed by atoms with van der Waals surface area (Å²) >= 11 is 1.08. The number of pyridine rings is 1. The molecule has 2 amide bonds. The number of nitrogens with one attached hydrogen (secondary N) is 3. The average molecular weight is 481 g/mol. The first-order valence-electron chi connectivity index (χ1n) is 10.2. The number of amides is 2. The number of carbonyl (C=O) groups is 1. The van der Waals surface area contributed by atoms with E-state index in [-0.39, 0.29) is 9.77 Å². The van der Waals surface area contributed by atoms with Crippen molar-refractivity contribution in [1.29, 1.82) is 0 Å². The van der Waals surface area contributed by atoms with Crippen LogP contribution in [0.15, 0.2) is 69.8 Å². The van der Waals surface area contributed by atoms with Gasteiger partial charge in [-0.1, -0.05) is 0 Å². The second kappa shape index (κ2) is 8.05. The van der Waals surface area contributed by atoms with Gasteiger partial charge in [0.2, 0.25) is 0 Å². The maximum absolute atomic E-state index is 13.1. The molecule has 3 N–H and O–H groups in total. The molecular formula is C23H20N4O4S2. The molecule has 0 saturated heterocycles. The first-order valence-corrected chi connectivity index (χ1v) is 12.5. The number of aromatic nitrogens is 1. The Morgan fingerprint density at radius 2 is 1.82 bits per heavy atom. The fraction of sp³-hybridized carbons (Fsp3) is 0.130. The van der Waals surface area contributed by atoms with Gasteiger partial charge < -0.3 is 10.6 Å². The van der Waals surface area contributed by atoms with Crippen molar-refractivity contribution >= 4 is 49.5 Å². The minimum absolute atomic E-state index is 0.0719. The Hall–Kier alpha value is -3.63. The molecule has 33 heavy (non-hydrogen) atoms. The quantitative estimate of drug-likeness (QED) is 0.411. The van der Waals surface area contributed by atoms with Crippen LogP contribution in [0.2, 0.25) is 0 Å². The Morgan fingerprint density at radius 1 is 1.03 bits per heavy atom. The summed E-state index contributed by atoms with van der Waals surface area (Å²) in [5, 5.41) is 7.43. The molecule has 0 unspecified atom stereocenters. The lowest BCUT2D eigenvalue weighted by molar-refractivity contribution is 0.256. The number of thiophene rings is 1. The Balaban J connectivity index is 1.35. The standard InChI is InChI=1S/C23H20N4O4S2/c1-14-2-9-21(32-14)33(30,31)26-23(29)25-15-3-5-16(6-4-15)27-13-11-17-18-10-12-24-20(18)8-7-19(17)22(27)28/h2-9,11,13,24H,10,12H2,1H3,(H2,25,26,29). The van der Waals surface area contributed by atoms with Gasteiger partial charge in [0.25, 0.3) is 15.6 Å². The van der Waals surface area contributed by atoms with Crippen LogP contribution in [-0.4, -0.2) is 25.6 Å². The van der Waals surface area contributed by atoms with Gasteiger partial charge in [-0.15, -0.1) is 11.3 Å². The monoisotopic (exact) mass is 480 g/mol. The van der Waals surface area contributed by atoms with E-state index >= 15 is 0 Å². The lowest BCUT2D eigenvalue weighted by atomic mass is 10.0. The van der Waals surface area contributed by atoms with Crippen LogP contribution in [0, 0.1) is 6.92 Å². The van der Waals surface area contributed by atoms with Crippen LogP contribution in [0.1, 0.15) is 10.4 Å². The smallest absolute Gasteiger partial charge is 0.333 e. The zero-order chi connectivity index (χ0) is 23.2. The summed E-state index contributed by atoms with van der Waals surface area (Å²) in [6.07, 6.45) is 2.63. The maximum atomic E-state index is 13.1. The fourth-order valence-corrected chi connectivity index (χ4v) is 6.13. The lowest BCUT2D eigenvalue weighted by Crippen LogP contribution is -2.33. The maximum Gasteiger partial charge on any atom is 0.333 e. The number of anilines is 2. The van der Waals surface area contributed by atoms with Crippen LogP contribution in [0.25, 0.3) is 16.5 Å². The third kappa shape index (κ3) is 3.98. The van der Waals surface area contributed by atoms with E-state index in [0.717, 1.165) is 45.8 Å². The van der Waals surface area contributed by atoms with Crippen molar-refractivity contribution in [2.75, 3.05) is 17.2 Å². The van der Waals surface area contributed by atoms with E-state index in [2.05, 4.69) is 10.6 Å². The molecule has 0 saturated carbocycles. The highest BCUT2D eigenvalue weighted by molar-refractivity contribution is 7.92. The third-order valence-corrected chi connectivity index (χ3v) is 8.32. The van der Waals surface area contributed by atoms with Crippen molar-refractivity contribution < 1.29 is 13.2 Å². The Morgan fingerprint density at radius 3 is 2.55 bits per heavy atom. The summed E-state index contributed by atoms with van der Waals surface area (Å²) in [5.74, 6) is 0. The fourth-order valence-electron chi connectivity index (χ4n) is 3.94. The zero-order valence-electron chi connectivity index (χ0n) is 17.6. The van der Waals surface area contributed by atoms with Gasteiger partial charge in [0.1, 0.15) is 4.21 Å². The van der Waals surface area contributed by atoms with Gasteiger partial charge >= 0.3 is 6.03 Å². The number of hydrogen-bond donors (Lipinski definition) is 3. The van der Waals surface area contributed by atoms with E-state index in [1.54, 1.807) is 48.0 Å². The van der Waals surface area contributed by atoms with Gasteiger partial charge in [0, 0.05) is 40.1 Å². The van der Waals surface area contributed by atoms with Gasteiger partial charge in [-0.3, -0.25) is 9.36 Å². The molecule has 1 aliphatic heterocycles. The van der Waals surface area contributed by atoms with E-state index in [1.807, 2.05) is 22.9 Å². The van der Waals surface area contributed by atoms with Gasteiger partial charge in [-0.25, -0.2) is 17.9 Å². The minimum atomic E-state index is -3.93. The summed E-state index contributed by atoms with van der Waals surface area (Å²) in [7, 11) is -3.93. The van der Waals surface area contributed by atoms with Crippen molar-refractivity contribution in [1.82, 2.24) is 9.29 Å². The second-order valence-electron chi connectivity index (χ2n) is 7.69. The first kappa shape index (κ1) is 21.2. The number of hydrogen-bond acceptors (Lipinski definition) is 6. The Kier molecular flexibility index (Phi) is 5.18. The predicted molar refractivity (Wildman–Crippen MR) is 130 cm³/mol. The number of nitrogens with zero attached hydrogens (tertiary/aromatic N) is 1. The zero-order valence-corrected chi connectivity index (χ0v) is 19.2. The highest BCUT2D eigenvalue weighted by atomic mass is 32.2. The highest BCUT2D eigenvalue weighted by Gasteiger charge is 2.20. The van der Waals surface area contributed by atoms with E-state index in [1.165, 1.54) is 6.07 Å². The number of benzene rings is 2. The number of fused-ring (bicyclic) bond motifs is 3. The Bertz CT molecular complexity index is 1550.